The fraction of sp³-hybridized carbons (Fsp3) is 0.889. The summed E-state index contributed by atoms with van der Waals surface area (Å²) in [5.74, 6) is 2.13. The Morgan fingerprint density at radius 2 is 1.92 bits per heavy atom. The van der Waals surface area contributed by atoms with Gasteiger partial charge in [0.15, 0.2) is 5.82 Å². The summed E-state index contributed by atoms with van der Waals surface area (Å²) in [5.41, 5.74) is -0.114. The zero-order valence-electron chi connectivity index (χ0n) is 15.9. The number of nitrogens with zero attached hydrogens (tertiary/aromatic N) is 5. The summed E-state index contributed by atoms with van der Waals surface area (Å²) in [6, 6.07) is 0.431. The van der Waals surface area contributed by atoms with Crippen molar-refractivity contribution in [2.75, 3.05) is 13.1 Å². The fourth-order valence-corrected chi connectivity index (χ4v) is 3.51. The second kappa shape index (κ2) is 7.81. The van der Waals surface area contributed by atoms with Gasteiger partial charge in [-0.15, -0.1) is 5.10 Å². The van der Waals surface area contributed by atoms with Crippen molar-refractivity contribution >= 4 is 5.91 Å². The van der Waals surface area contributed by atoms with E-state index in [0.717, 1.165) is 50.5 Å². The van der Waals surface area contributed by atoms with Crippen LogP contribution < -0.4 is 5.32 Å². The Morgan fingerprint density at radius 3 is 2.56 bits per heavy atom. The molecule has 0 atom stereocenters. The Hall–Kier alpha value is -1.50. The van der Waals surface area contributed by atoms with Gasteiger partial charge in [-0.3, -0.25) is 4.79 Å². The molecule has 3 rings (SSSR count). The average molecular weight is 348 g/mol. The minimum Gasteiger partial charge on any atom is -0.343 e. The van der Waals surface area contributed by atoms with Crippen molar-refractivity contribution in [3.8, 4) is 0 Å². The van der Waals surface area contributed by atoms with E-state index in [2.05, 4.69) is 41.6 Å². The number of rotatable bonds is 7. The second-order valence-corrected chi connectivity index (χ2v) is 8.55. The van der Waals surface area contributed by atoms with Crippen LogP contribution in [-0.4, -0.2) is 50.1 Å². The topological polar surface area (TPSA) is 75.9 Å². The number of hydrogen-bond donors (Lipinski definition) is 1. The van der Waals surface area contributed by atoms with Crippen LogP contribution in [0.4, 0.5) is 0 Å². The van der Waals surface area contributed by atoms with Gasteiger partial charge in [0.2, 0.25) is 5.91 Å². The molecule has 7 nitrogen and oxygen atoms in total. The Balaban J connectivity index is 1.37. The Labute approximate surface area is 150 Å². The van der Waals surface area contributed by atoms with E-state index in [-0.39, 0.29) is 5.54 Å². The molecule has 1 aromatic heterocycles. The first-order chi connectivity index (χ1) is 11.9. The zero-order chi connectivity index (χ0) is 17.9. The molecular weight excluding hydrogens is 316 g/mol. The number of tetrazole rings is 1. The van der Waals surface area contributed by atoms with Crippen molar-refractivity contribution < 1.29 is 4.79 Å². The summed E-state index contributed by atoms with van der Waals surface area (Å²) >= 11 is 0. The highest BCUT2D eigenvalue weighted by atomic mass is 16.2. The number of piperidine rings is 1. The minimum absolute atomic E-state index is 0.114. The quantitative estimate of drug-likeness (QED) is 0.816. The monoisotopic (exact) mass is 348 g/mol. The maximum absolute atomic E-state index is 12.3. The van der Waals surface area contributed by atoms with Gasteiger partial charge >= 0.3 is 0 Å². The summed E-state index contributed by atoms with van der Waals surface area (Å²) in [7, 11) is 0. The number of carbonyl (C=O) groups excluding carboxylic acids is 1. The van der Waals surface area contributed by atoms with Crippen molar-refractivity contribution in [3.05, 3.63) is 5.82 Å². The summed E-state index contributed by atoms with van der Waals surface area (Å²) < 4.78 is 1.87. The number of carbonyl (C=O) groups is 1. The van der Waals surface area contributed by atoms with Gasteiger partial charge < -0.3 is 10.2 Å². The van der Waals surface area contributed by atoms with Crippen molar-refractivity contribution in [2.45, 2.75) is 83.8 Å². The molecule has 1 N–H and O–H groups in total. The van der Waals surface area contributed by atoms with Crippen LogP contribution in [-0.2, 0) is 16.9 Å². The first kappa shape index (κ1) is 18.3. The number of hydrogen-bond acceptors (Lipinski definition) is 5. The molecule has 1 aliphatic heterocycles. The summed E-state index contributed by atoms with van der Waals surface area (Å²) in [5, 5.41) is 15.6. The lowest BCUT2D eigenvalue weighted by atomic mass is 10.0. The van der Waals surface area contributed by atoms with Crippen molar-refractivity contribution in [1.82, 2.24) is 30.4 Å². The lowest BCUT2D eigenvalue weighted by Gasteiger charge is -2.32. The molecule has 1 amide bonds. The lowest BCUT2D eigenvalue weighted by molar-refractivity contribution is -0.132. The SMILES string of the molecule is CC(C)(C)n1nnnc1CNC1CCN(C(=O)CCCC2CC2)CC1. The van der Waals surface area contributed by atoms with Gasteiger partial charge in [-0.1, -0.05) is 12.8 Å². The van der Waals surface area contributed by atoms with E-state index in [1.807, 2.05) is 9.58 Å². The lowest BCUT2D eigenvalue weighted by Crippen LogP contribution is -2.45. The smallest absolute Gasteiger partial charge is 0.222 e. The van der Waals surface area contributed by atoms with Crippen molar-refractivity contribution in [2.24, 2.45) is 5.92 Å². The average Bonchev–Trinajstić information content (AvgIpc) is 3.26. The predicted octanol–water partition coefficient (Wildman–Crippen LogP) is 2.09. The van der Waals surface area contributed by atoms with E-state index in [1.165, 1.54) is 19.3 Å². The minimum atomic E-state index is -0.114. The highest BCUT2D eigenvalue weighted by Gasteiger charge is 2.25. The maximum Gasteiger partial charge on any atom is 0.222 e. The molecule has 2 heterocycles. The van der Waals surface area contributed by atoms with Gasteiger partial charge in [0, 0.05) is 25.6 Å². The van der Waals surface area contributed by atoms with Crippen LogP contribution in [0.25, 0.3) is 0 Å². The van der Waals surface area contributed by atoms with Gasteiger partial charge in [-0.25, -0.2) is 4.68 Å². The van der Waals surface area contributed by atoms with Gasteiger partial charge in [-0.05, 0) is 62.8 Å². The highest BCUT2D eigenvalue weighted by molar-refractivity contribution is 5.76. The van der Waals surface area contributed by atoms with E-state index in [4.69, 9.17) is 0 Å². The molecule has 0 aromatic carbocycles. The molecule has 7 heteroatoms. The van der Waals surface area contributed by atoms with E-state index in [0.29, 0.717) is 18.5 Å². The molecule has 0 unspecified atom stereocenters. The van der Waals surface area contributed by atoms with E-state index in [1.54, 1.807) is 0 Å². The Morgan fingerprint density at radius 1 is 1.20 bits per heavy atom. The molecule has 1 aliphatic carbocycles. The number of amides is 1. The first-order valence-electron chi connectivity index (χ1n) is 9.72. The molecule has 2 aliphatic rings. The summed E-state index contributed by atoms with van der Waals surface area (Å²) in [6.45, 7) is 8.69. The largest absolute Gasteiger partial charge is 0.343 e. The van der Waals surface area contributed by atoms with E-state index in [9.17, 15) is 4.79 Å². The molecule has 140 valence electrons. The van der Waals surface area contributed by atoms with Crippen molar-refractivity contribution in [1.29, 1.82) is 0 Å². The Kier molecular flexibility index (Phi) is 5.71. The fourth-order valence-electron chi connectivity index (χ4n) is 3.51. The molecule has 1 saturated heterocycles. The van der Waals surface area contributed by atoms with Gasteiger partial charge in [0.25, 0.3) is 0 Å². The zero-order valence-corrected chi connectivity index (χ0v) is 15.9. The van der Waals surface area contributed by atoms with Crippen LogP contribution >= 0.6 is 0 Å². The molecule has 0 spiro atoms. The van der Waals surface area contributed by atoms with E-state index < -0.39 is 0 Å². The molecule has 0 bridgehead atoms. The normalized spacial score (nSPS) is 19.4. The molecule has 0 radical (unpaired) electrons. The van der Waals surface area contributed by atoms with Crippen molar-refractivity contribution in [3.63, 3.8) is 0 Å². The molecule has 25 heavy (non-hydrogen) atoms. The number of aromatic nitrogens is 4. The van der Waals surface area contributed by atoms with E-state index >= 15 is 0 Å². The van der Waals surface area contributed by atoms with Gasteiger partial charge in [-0.2, -0.15) is 0 Å². The van der Waals surface area contributed by atoms with Crippen LogP contribution in [0.5, 0.6) is 0 Å². The molecular formula is C18H32N6O. The maximum atomic E-state index is 12.3. The third-order valence-electron chi connectivity index (χ3n) is 5.27. The second-order valence-electron chi connectivity index (χ2n) is 8.55. The van der Waals surface area contributed by atoms with Crippen LogP contribution in [0, 0.1) is 5.92 Å². The Bertz CT molecular complexity index is 566. The first-order valence-corrected chi connectivity index (χ1v) is 9.72. The third kappa shape index (κ3) is 5.23. The van der Waals surface area contributed by atoms with Gasteiger partial charge in [0.05, 0.1) is 12.1 Å². The summed E-state index contributed by atoms with van der Waals surface area (Å²) in [4.78, 5) is 14.3. The number of likely N-dealkylation sites (tertiary alicyclic amines) is 1. The molecule has 1 saturated carbocycles. The molecule has 2 fully saturated rings. The van der Waals surface area contributed by atoms with Crippen LogP contribution in [0.15, 0.2) is 0 Å². The highest BCUT2D eigenvalue weighted by Crippen LogP contribution is 2.34. The number of nitrogens with one attached hydrogen (secondary N) is 1. The van der Waals surface area contributed by atoms with Gasteiger partial charge in [0.1, 0.15) is 0 Å². The standard InChI is InChI=1S/C18H32N6O/c1-18(2,3)24-16(20-21-22-24)13-19-15-9-11-23(12-10-15)17(25)6-4-5-14-7-8-14/h14-15,19H,4-13H2,1-3H3. The predicted molar refractivity (Wildman–Crippen MR) is 95.8 cm³/mol. The van der Waals surface area contributed by atoms with Crippen LogP contribution in [0.1, 0.15) is 71.5 Å². The van der Waals surface area contributed by atoms with Crippen LogP contribution in [0.3, 0.4) is 0 Å². The van der Waals surface area contributed by atoms with Crippen LogP contribution in [0.2, 0.25) is 0 Å². The summed E-state index contributed by atoms with van der Waals surface area (Å²) in [6.07, 6.45) is 7.81. The molecule has 1 aromatic rings. The third-order valence-corrected chi connectivity index (χ3v) is 5.27.